The predicted molar refractivity (Wildman–Crippen MR) is 94.8 cm³/mol. The largest absolute Gasteiger partial charge is 0.387 e. The lowest BCUT2D eigenvalue weighted by molar-refractivity contribution is 0.0377. The van der Waals surface area contributed by atoms with Gasteiger partial charge >= 0.3 is 0 Å². The summed E-state index contributed by atoms with van der Waals surface area (Å²) in [6.45, 7) is 5.41. The van der Waals surface area contributed by atoms with Gasteiger partial charge in [-0.2, -0.15) is 5.10 Å². The maximum Gasteiger partial charge on any atom is 0.175 e. The zero-order valence-corrected chi connectivity index (χ0v) is 14.1. The van der Waals surface area contributed by atoms with Crippen molar-refractivity contribution in [2.24, 2.45) is 21.5 Å². The van der Waals surface area contributed by atoms with Gasteiger partial charge in [0.25, 0.3) is 0 Å². The van der Waals surface area contributed by atoms with Gasteiger partial charge in [0, 0.05) is 43.9 Å². The number of H-pyrrole nitrogens is 1. The maximum atomic E-state index is 5.94. The van der Waals surface area contributed by atoms with Crippen molar-refractivity contribution in [3.05, 3.63) is 11.8 Å². The summed E-state index contributed by atoms with van der Waals surface area (Å²) in [5, 5.41) is 7.17. The summed E-state index contributed by atoms with van der Waals surface area (Å²) in [6, 6.07) is 1.96. The molecule has 0 spiro atoms. The molecular weight excluding hydrogens is 306 g/mol. The van der Waals surface area contributed by atoms with E-state index in [1.807, 2.05) is 6.07 Å². The summed E-state index contributed by atoms with van der Waals surface area (Å²) >= 11 is 0. The van der Waals surface area contributed by atoms with E-state index in [0.717, 1.165) is 45.0 Å². The fraction of sp³-hybridized carbons (Fsp3) is 0.688. The SMILES string of the molecule is NC(CC(N)=Nc1cc(C2CC2)[nH]n1)=NCCCN1CCOCC1. The molecule has 0 amide bonds. The first-order valence-electron chi connectivity index (χ1n) is 8.68. The number of aromatic nitrogens is 2. The van der Waals surface area contributed by atoms with E-state index in [2.05, 4.69) is 25.1 Å². The molecule has 132 valence electrons. The number of hydrogen-bond acceptors (Lipinski definition) is 5. The first-order chi connectivity index (χ1) is 11.7. The van der Waals surface area contributed by atoms with Gasteiger partial charge in [-0.3, -0.25) is 15.0 Å². The van der Waals surface area contributed by atoms with Gasteiger partial charge in [0.1, 0.15) is 11.7 Å². The van der Waals surface area contributed by atoms with Crippen LogP contribution >= 0.6 is 0 Å². The molecule has 0 bridgehead atoms. The predicted octanol–water partition coefficient (Wildman–Crippen LogP) is 0.745. The summed E-state index contributed by atoms with van der Waals surface area (Å²) in [4.78, 5) is 11.1. The number of aliphatic imine (C=N–C) groups is 2. The Labute approximate surface area is 142 Å². The minimum atomic E-state index is 0.378. The van der Waals surface area contributed by atoms with Crippen molar-refractivity contribution in [2.75, 3.05) is 39.4 Å². The van der Waals surface area contributed by atoms with Crippen molar-refractivity contribution in [2.45, 2.75) is 31.6 Å². The molecule has 2 fully saturated rings. The molecule has 1 aliphatic heterocycles. The van der Waals surface area contributed by atoms with Crippen molar-refractivity contribution in [1.82, 2.24) is 15.1 Å². The first kappa shape index (κ1) is 16.9. The van der Waals surface area contributed by atoms with E-state index in [1.165, 1.54) is 12.8 Å². The monoisotopic (exact) mass is 333 g/mol. The minimum absolute atomic E-state index is 0.378. The molecule has 1 saturated heterocycles. The molecule has 0 atom stereocenters. The van der Waals surface area contributed by atoms with Crippen molar-refractivity contribution in [3.8, 4) is 0 Å². The molecule has 24 heavy (non-hydrogen) atoms. The molecule has 2 heterocycles. The Morgan fingerprint density at radius 3 is 2.83 bits per heavy atom. The van der Waals surface area contributed by atoms with Crippen LogP contribution in [-0.2, 0) is 4.74 Å². The topological polar surface area (TPSA) is 118 Å². The van der Waals surface area contributed by atoms with Crippen LogP contribution in [-0.4, -0.2) is 66.2 Å². The molecule has 0 unspecified atom stereocenters. The molecule has 1 aliphatic carbocycles. The number of nitrogens with two attached hydrogens (primary N) is 2. The summed E-state index contributed by atoms with van der Waals surface area (Å²) in [6.07, 6.45) is 3.82. The van der Waals surface area contributed by atoms with E-state index < -0.39 is 0 Å². The van der Waals surface area contributed by atoms with Gasteiger partial charge in [0.15, 0.2) is 5.82 Å². The Hall–Kier alpha value is -1.93. The van der Waals surface area contributed by atoms with Gasteiger partial charge in [-0.15, -0.1) is 0 Å². The van der Waals surface area contributed by atoms with Crippen LogP contribution in [0.15, 0.2) is 16.1 Å². The highest BCUT2D eigenvalue weighted by Gasteiger charge is 2.25. The zero-order valence-electron chi connectivity index (χ0n) is 14.1. The Morgan fingerprint density at radius 1 is 1.29 bits per heavy atom. The van der Waals surface area contributed by atoms with Crippen LogP contribution in [0.2, 0.25) is 0 Å². The van der Waals surface area contributed by atoms with E-state index in [4.69, 9.17) is 16.2 Å². The Morgan fingerprint density at radius 2 is 2.08 bits per heavy atom. The fourth-order valence-corrected chi connectivity index (χ4v) is 2.76. The number of amidine groups is 2. The molecule has 3 rings (SSSR count). The second-order valence-electron chi connectivity index (χ2n) is 6.42. The highest BCUT2D eigenvalue weighted by Crippen LogP contribution is 2.39. The van der Waals surface area contributed by atoms with Gasteiger partial charge in [0.2, 0.25) is 0 Å². The summed E-state index contributed by atoms with van der Waals surface area (Å²) in [5.41, 5.74) is 13.0. The van der Waals surface area contributed by atoms with Crippen LogP contribution in [0.1, 0.15) is 37.3 Å². The van der Waals surface area contributed by atoms with E-state index >= 15 is 0 Å². The Kier molecular flexibility index (Phi) is 5.81. The van der Waals surface area contributed by atoms with Gasteiger partial charge < -0.3 is 16.2 Å². The molecule has 8 nitrogen and oxygen atoms in total. The number of hydrogen-bond donors (Lipinski definition) is 3. The number of aromatic amines is 1. The summed E-state index contributed by atoms with van der Waals surface area (Å²) < 4.78 is 5.33. The van der Waals surface area contributed by atoms with Crippen LogP contribution in [0.5, 0.6) is 0 Å². The number of nitrogens with zero attached hydrogens (tertiary/aromatic N) is 4. The quantitative estimate of drug-likeness (QED) is 0.368. The van der Waals surface area contributed by atoms with E-state index in [-0.39, 0.29) is 0 Å². The molecular formula is C16H27N7O. The average molecular weight is 333 g/mol. The molecule has 8 heteroatoms. The van der Waals surface area contributed by atoms with E-state index in [1.54, 1.807) is 0 Å². The van der Waals surface area contributed by atoms with Crippen molar-refractivity contribution in [3.63, 3.8) is 0 Å². The summed E-state index contributed by atoms with van der Waals surface area (Å²) in [5.74, 6) is 2.21. The third-order valence-electron chi connectivity index (χ3n) is 4.27. The second-order valence-corrected chi connectivity index (χ2v) is 6.42. The molecule has 1 saturated carbocycles. The first-order valence-corrected chi connectivity index (χ1v) is 8.68. The molecule has 1 aromatic heterocycles. The van der Waals surface area contributed by atoms with E-state index in [9.17, 15) is 0 Å². The lowest BCUT2D eigenvalue weighted by Crippen LogP contribution is -2.37. The molecule has 0 radical (unpaired) electrons. The lowest BCUT2D eigenvalue weighted by Gasteiger charge is -2.26. The smallest absolute Gasteiger partial charge is 0.175 e. The second kappa shape index (κ2) is 8.25. The van der Waals surface area contributed by atoms with Crippen LogP contribution in [0.3, 0.4) is 0 Å². The summed E-state index contributed by atoms with van der Waals surface area (Å²) in [7, 11) is 0. The normalized spacial score (nSPS) is 20.5. The van der Waals surface area contributed by atoms with Crippen molar-refractivity contribution < 1.29 is 4.74 Å². The van der Waals surface area contributed by atoms with Crippen LogP contribution in [0.25, 0.3) is 0 Å². The third-order valence-corrected chi connectivity index (χ3v) is 4.27. The van der Waals surface area contributed by atoms with E-state index in [0.29, 0.717) is 36.4 Å². The Balaban J connectivity index is 1.39. The standard InChI is InChI=1S/C16H27N7O/c17-14(19-4-1-5-23-6-8-24-9-7-23)11-15(18)20-16-10-13(21-22-16)12-2-3-12/h10,12H,1-9,11H2,(H2,17,19)(H3,18,20,21,22). The number of ether oxygens (including phenoxy) is 1. The highest BCUT2D eigenvalue weighted by molar-refractivity contribution is 6.01. The van der Waals surface area contributed by atoms with Gasteiger partial charge in [-0.05, 0) is 19.3 Å². The maximum absolute atomic E-state index is 5.94. The minimum Gasteiger partial charge on any atom is -0.387 e. The highest BCUT2D eigenvalue weighted by atomic mass is 16.5. The van der Waals surface area contributed by atoms with Crippen molar-refractivity contribution >= 4 is 17.5 Å². The third kappa shape index (κ3) is 5.31. The van der Waals surface area contributed by atoms with Gasteiger partial charge in [-0.25, -0.2) is 4.99 Å². The number of morpholine rings is 1. The molecule has 0 aromatic carbocycles. The van der Waals surface area contributed by atoms with Crippen LogP contribution in [0.4, 0.5) is 5.82 Å². The number of nitrogens with one attached hydrogen (secondary N) is 1. The molecule has 5 N–H and O–H groups in total. The molecule has 1 aromatic rings. The number of rotatable bonds is 8. The zero-order chi connectivity index (χ0) is 16.8. The van der Waals surface area contributed by atoms with Crippen LogP contribution in [0, 0.1) is 0 Å². The Bertz CT molecular complexity index is 585. The average Bonchev–Trinajstić information content (AvgIpc) is 3.33. The van der Waals surface area contributed by atoms with Crippen molar-refractivity contribution in [1.29, 1.82) is 0 Å². The fourth-order valence-electron chi connectivity index (χ4n) is 2.76. The van der Waals surface area contributed by atoms with Crippen LogP contribution < -0.4 is 11.5 Å². The molecule has 2 aliphatic rings. The van der Waals surface area contributed by atoms with Gasteiger partial charge in [-0.1, -0.05) is 0 Å². The van der Waals surface area contributed by atoms with Gasteiger partial charge in [0.05, 0.1) is 19.6 Å². The lowest BCUT2D eigenvalue weighted by atomic mass is 10.3.